The van der Waals surface area contributed by atoms with Gasteiger partial charge >= 0.3 is 0 Å². The number of nitrogens with zero attached hydrogens (tertiary/aromatic N) is 2. The third-order valence-electron chi connectivity index (χ3n) is 2.02. The second-order valence-corrected chi connectivity index (χ2v) is 7.41. The van der Waals surface area contributed by atoms with Crippen LogP contribution in [-0.2, 0) is 18.0 Å². The van der Waals surface area contributed by atoms with E-state index in [0.29, 0.717) is 5.56 Å². The summed E-state index contributed by atoms with van der Waals surface area (Å²) >= 11 is 3.33. The lowest BCUT2D eigenvalue weighted by atomic mass is 10.3. The van der Waals surface area contributed by atoms with E-state index >= 15 is 0 Å². The van der Waals surface area contributed by atoms with Crippen molar-refractivity contribution in [3.05, 3.63) is 32.7 Å². The van der Waals surface area contributed by atoms with Gasteiger partial charge in [-0.15, -0.1) is 0 Å². The predicted molar refractivity (Wildman–Crippen MR) is 74.9 cm³/mol. The molecule has 0 radical (unpaired) electrons. The molecule has 94 valence electrons. The summed E-state index contributed by atoms with van der Waals surface area (Å²) in [5.41, 5.74) is 0.502. The van der Waals surface area contributed by atoms with Gasteiger partial charge in [0.15, 0.2) is 0 Å². The van der Waals surface area contributed by atoms with Gasteiger partial charge in [0.05, 0.1) is 4.75 Å². The molecular formula is C11H15BrN2O2S. The van der Waals surface area contributed by atoms with E-state index in [4.69, 9.17) is 0 Å². The van der Waals surface area contributed by atoms with Crippen molar-refractivity contribution >= 4 is 33.1 Å². The van der Waals surface area contributed by atoms with Crippen molar-refractivity contribution in [2.24, 2.45) is 11.4 Å². The van der Waals surface area contributed by atoms with Crippen molar-refractivity contribution in [1.82, 2.24) is 4.57 Å². The number of pyridine rings is 1. The molecule has 0 aliphatic rings. The van der Waals surface area contributed by atoms with E-state index in [9.17, 15) is 9.00 Å². The van der Waals surface area contributed by atoms with E-state index < -0.39 is 15.7 Å². The van der Waals surface area contributed by atoms with Crippen LogP contribution in [0, 0.1) is 0 Å². The largest absolute Gasteiger partial charge is 0.317 e. The van der Waals surface area contributed by atoms with Crippen molar-refractivity contribution in [3.8, 4) is 0 Å². The van der Waals surface area contributed by atoms with Gasteiger partial charge in [-0.2, -0.15) is 4.40 Å². The fraction of sp³-hybridized carbons (Fsp3) is 0.455. The lowest BCUT2D eigenvalue weighted by molar-refractivity contribution is 0.651. The Morgan fingerprint density at radius 3 is 2.59 bits per heavy atom. The number of aromatic nitrogens is 1. The van der Waals surface area contributed by atoms with Crippen LogP contribution in [0.3, 0.4) is 0 Å². The van der Waals surface area contributed by atoms with Crippen molar-refractivity contribution in [1.29, 1.82) is 0 Å². The molecule has 0 saturated heterocycles. The Morgan fingerprint density at radius 2 is 2.06 bits per heavy atom. The summed E-state index contributed by atoms with van der Waals surface area (Å²) < 4.78 is 17.5. The molecule has 17 heavy (non-hydrogen) atoms. The van der Waals surface area contributed by atoms with E-state index in [-0.39, 0.29) is 5.56 Å². The maximum absolute atomic E-state index is 11.7. The molecule has 0 aliphatic heterocycles. The van der Waals surface area contributed by atoms with Gasteiger partial charge in [0.25, 0.3) is 5.56 Å². The molecule has 0 amide bonds. The summed E-state index contributed by atoms with van der Waals surface area (Å²) in [5.74, 6) is 0. The first-order valence-corrected chi connectivity index (χ1v) is 6.94. The van der Waals surface area contributed by atoms with Crippen LogP contribution in [-0.4, -0.2) is 19.7 Å². The van der Waals surface area contributed by atoms with Gasteiger partial charge in [-0.05, 0) is 36.7 Å². The molecule has 0 N–H and O–H groups in total. The summed E-state index contributed by atoms with van der Waals surface area (Å²) in [6.45, 7) is 5.54. The maximum atomic E-state index is 11.7. The SMILES string of the molecule is Cn1cc(Br)c(C=N[S@@](=O)C(C)(C)C)cc1=O. The highest BCUT2D eigenvalue weighted by molar-refractivity contribution is 9.10. The van der Waals surface area contributed by atoms with Crippen molar-refractivity contribution in [2.45, 2.75) is 25.5 Å². The molecule has 1 atom stereocenters. The standard InChI is InChI=1S/C11H15BrN2O2S/c1-11(2,3)17(16)13-6-8-5-10(15)14(4)7-9(8)12/h5-7H,1-4H3/t17-/m0/s1. The van der Waals surface area contributed by atoms with Crippen LogP contribution in [0.1, 0.15) is 26.3 Å². The Labute approximate surface area is 111 Å². The van der Waals surface area contributed by atoms with E-state index in [0.717, 1.165) is 4.47 Å². The van der Waals surface area contributed by atoms with E-state index in [1.165, 1.54) is 16.8 Å². The molecule has 0 spiro atoms. The van der Waals surface area contributed by atoms with Gasteiger partial charge in [-0.3, -0.25) is 4.79 Å². The average Bonchev–Trinajstić information content (AvgIpc) is 2.19. The first-order chi connectivity index (χ1) is 7.71. The highest BCUT2D eigenvalue weighted by Crippen LogP contribution is 2.14. The molecule has 6 heteroatoms. The van der Waals surface area contributed by atoms with Gasteiger partial charge in [0.2, 0.25) is 0 Å². The fourth-order valence-electron chi connectivity index (χ4n) is 0.974. The zero-order valence-corrected chi connectivity index (χ0v) is 12.6. The topological polar surface area (TPSA) is 51.4 Å². The molecular weight excluding hydrogens is 304 g/mol. The van der Waals surface area contributed by atoms with E-state index in [2.05, 4.69) is 20.3 Å². The molecule has 0 aromatic carbocycles. The summed E-state index contributed by atoms with van der Waals surface area (Å²) in [5, 5.41) is 0. The molecule has 0 saturated carbocycles. The molecule has 0 unspecified atom stereocenters. The number of aryl methyl sites for hydroxylation is 1. The van der Waals surface area contributed by atoms with Crippen molar-refractivity contribution in [2.75, 3.05) is 0 Å². The van der Waals surface area contributed by atoms with Crippen LogP contribution in [0.2, 0.25) is 0 Å². The summed E-state index contributed by atoms with van der Waals surface area (Å²) in [4.78, 5) is 11.4. The molecule has 0 bridgehead atoms. The quantitative estimate of drug-likeness (QED) is 0.783. The Bertz CT molecular complexity index is 529. The minimum Gasteiger partial charge on any atom is -0.317 e. The summed E-state index contributed by atoms with van der Waals surface area (Å²) in [6.07, 6.45) is 3.12. The Balaban J connectivity index is 3.05. The third kappa shape index (κ3) is 3.89. The van der Waals surface area contributed by atoms with Gasteiger partial charge in [-0.1, -0.05) is 0 Å². The molecule has 0 aliphatic carbocycles. The maximum Gasteiger partial charge on any atom is 0.250 e. The molecule has 4 nitrogen and oxygen atoms in total. The number of rotatable bonds is 2. The van der Waals surface area contributed by atoms with Gasteiger partial charge in [0, 0.05) is 35.6 Å². The van der Waals surface area contributed by atoms with Crippen LogP contribution in [0.4, 0.5) is 0 Å². The molecule has 1 aromatic rings. The van der Waals surface area contributed by atoms with E-state index in [1.54, 1.807) is 13.2 Å². The minimum absolute atomic E-state index is 0.129. The first kappa shape index (κ1) is 14.3. The third-order valence-corrected chi connectivity index (χ3v) is 4.03. The zero-order valence-electron chi connectivity index (χ0n) is 10.2. The molecule has 1 rings (SSSR count). The second kappa shape index (κ2) is 5.27. The minimum atomic E-state index is -1.32. The molecule has 0 fully saturated rings. The zero-order chi connectivity index (χ0) is 13.2. The normalized spacial score (nSPS) is 14.2. The van der Waals surface area contributed by atoms with Crippen LogP contribution in [0.5, 0.6) is 0 Å². The number of hydrogen-bond acceptors (Lipinski definition) is 2. The van der Waals surface area contributed by atoms with Gasteiger partial charge in [-0.25, -0.2) is 4.21 Å². The average molecular weight is 319 g/mol. The van der Waals surface area contributed by atoms with Crippen molar-refractivity contribution < 1.29 is 4.21 Å². The van der Waals surface area contributed by atoms with Crippen LogP contribution >= 0.6 is 15.9 Å². The Hall–Kier alpha value is -0.750. The summed E-state index contributed by atoms with van der Waals surface area (Å²) in [6, 6.07) is 1.45. The lowest BCUT2D eigenvalue weighted by Gasteiger charge is -2.12. The summed E-state index contributed by atoms with van der Waals surface area (Å²) in [7, 11) is 0.350. The highest BCUT2D eigenvalue weighted by atomic mass is 79.9. The highest BCUT2D eigenvalue weighted by Gasteiger charge is 2.18. The van der Waals surface area contributed by atoms with Crippen molar-refractivity contribution in [3.63, 3.8) is 0 Å². The Kier molecular flexibility index (Phi) is 4.43. The monoisotopic (exact) mass is 318 g/mol. The predicted octanol–water partition coefficient (Wildman–Crippen LogP) is 2.03. The number of hydrogen-bond donors (Lipinski definition) is 0. The van der Waals surface area contributed by atoms with E-state index in [1.807, 2.05) is 20.8 Å². The van der Waals surface area contributed by atoms with Crippen LogP contribution in [0.25, 0.3) is 0 Å². The van der Waals surface area contributed by atoms with Crippen LogP contribution < -0.4 is 5.56 Å². The van der Waals surface area contributed by atoms with Gasteiger partial charge in [0.1, 0.15) is 11.0 Å². The smallest absolute Gasteiger partial charge is 0.250 e. The first-order valence-electron chi connectivity index (χ1n) is 5.04. The lowest BCUT2D eigenvalue weighted by Crippen LogP contribution is -2.20. The van der Waals surface area contributed by atoms with Crippen LogP contribution in [0.15, 0.2) is 25.9 Å². The van der Waals surface area contributed by atoms with Gasteiger partial charge < -0.3 is 4.57 Å². The fourth-order valence-corrected chi connectivity index (χ4v) is 2.02. The second-order valence-electron chi connectivity index (χ2n) is 4.62. The molecule has 1 aromatic heterocycles. The number of halogens is 1. The Morgan fingerprint density at radius 1 is 1.47 bits per heavy atom. The molecule has 1 heterocycles.